The fourth-order valence-electron chi connectivity index (χ4n) is 2.13. The van der Waals surface area contributed by atoms with Crippen molar-refractivity contribution in [3.63, 3.8) is 0 Å². The normalized spacial score (nSPS) is 20.7. The van der Waals surface area contributed by atoms with Gasteiger partial charge in [-0.1, -0.05) is 11.6 Å². The van der Waals surface area contributed by atoms with Crippen molar-refractivity contribution in [2.75, 3.05) is 20.1 Å². The summed E-state index contributed by atoms with van der Waals surface area (Å²) in [5.41, 5.74) is -0.0734. The number of likely N-dealkylation sites (N-methyl/N-ethyl adjacent to an activating group) is 1. The lowest BCUT2D eigenvalue weighted by Crippen LogP contribution is -2.38. The Morgan fingerprint density at radius 1 is 1.56 bits per heavy atom. The summed E-state index contributed by atoms with van der Waals surface area (Å²) in [6.07, 6.45) is 1.97. The first-order valence-electron chi connectivity index (χ1n) is 5.85. The van der Waals surface area contributed by atoms with Crippen molar-refractivity contribution < 1.29 is 9.66 Å². The van der Waals surface area contributed by atoms with E-state index in [2.05, 4.69) is 4.90 Å². The number of benzene rings is 1. The van der Waals surface area contributed by atoms with Crippen LogP contribution in [-0.2, 0) is 0 Å². The molecule has 0 aliphatic carbocycles. The lowest BCUT2D eigenvalue weighted by molar-refractivity contribution is -0.386. The fraction of sp³-hybridized carbons (Fsp3) is 0.500. The highest BCUT2D eigenvalue weighted by Crippen LogP contribution is 2.31. The second-order valence-electron chi connectivity index (χ2n) is 4.51. The van der Waals surface area contributed by atoms with Crippen LogP contribution in [0.25, 0.3) is 0 Å². The van der Waals surface area contributed by atoms with E-state index in [9.17, 15) is 10.1 Å². The highest BCUT2D eigenvalue weighted by Gasteiger charge is 2.23. The van der Waals surface area contributed by atoms with Crippen LogP contribution in [0.1, 0.15) is 12.8 Å². The molecular formula is C12H15ClN2O3. The lowest BCUT2D eigenvalue weighted by Gasteiger charge is -2.29. The second kappa shape index (κ2) is 5.54. The predicted octanol–water partition coefficient (Wildman–Crippen LogP) is 2.72. The molecule has 2 rings (SSSR count). The third-order valence-corrected chi connectivity index (χ3v) is 3.23. The summed E-state index contributed by atoms with van der Waals surface area (Å²) in [5, 5.41) is 11.3. The number of halogens is 1. The number of likely N-dealkylation sites (tertiary alicyclic amines) is 1. The topological polar surface area (TPSA) is 55.6 Å². The Kier molecular flexibility index (Phi) is 4.04. The van der Waals surface area contributed by atoms with Crippen LogP contribution >= 0.6 is 11.6 Å². The molecule has 1 aromatic carbocycles. The Labute approximate surface area is 110 Å². The van der Waals surface area contributed by atoms with Crippen LogP contribution in [0, 0.1) is 10.1 Å². The fourth-order valence-corrected chi connectivity index (χ4v) is 2.29. The number of ether oxygens (including phenoxy) is 1. The predicted molar refractivity (Wildman–Crippen MR) is 69.3 cm³/mol. The summed E-state index contributed by atoms with van der Waals surface area (Å²) in [5.74, 6) is 0.296. The van der Waals surface area contributed by atoms with E-state index in [4.69, 9.17) is 16.3 Å². The van der Waals surface area contributed by atoms with E-state index in [1.54, 1.807) is 12.1 Å². The molecule has 18 heavy (non-hydrogen) atoms. The number of piperidine rings is 1. The zero-order valence-corrected chi connectivity index (χ0v) is 10.9. The quantitative estimate of drug-likeness (QED) is 0.626. The summed E-state index contributed by atoms with van der Waals surface area (Å²) >= 11 is 5.76. The molecule has 1 saturated heterocycles. The van der Waals surface area contributed by atoms with Gasteiger partial charge in [-0.3, -0.25) is 10.1 Å². The van der Waals surface area contributed by atoms with Gasteiger partial charge in [0.2, 0.25) is 0 Å². The molecule has 0 spiro atoms. The van der Waals surface area contributed by atoms with Gasteiger partial charge < -0.3 is 9.64 Å². The maximum Gasteiger partial charge on any atom is 0.312 e. The first kappa shape index (κ1) is 13.1. The van der Waals surface area contributed by atoms with Gasteiger partial charge in [-0.15, -0.1) is 0 Å². The molecule has 0 amide bonds. The van der Waals surface area contributed by atoms with Crippen LogP contribution in [0.3, 0.4) is 0 Å². The second-order valence-corrected chi connectivity index (χ2v) is 4.95. The first-order chi connectivity index (χ1) is 8.56. The maximum absolute atomic E-state index is 10.9. The van der Waals surface area contributed by atoms with Crippen LogP contribution in [0.4, 0.5) is 5.69 Å². The molecule has 1 heterocycles. The molecule has 0 aromatic heterocycles. The van der Waals surface area contributed by atoms with Crippen LogP contribution in [0.2, 0.25) is 5.02 Å². The molecule has 1 aliphatic heterocycles. The van der Waals surface area contributed by atoms with Crippen molar-refractivity contribution >= 4 is 17.3 Å². The minimum atomic E-state index is -0.465. The molecule has 1 atom stereocenters. The van der Waals surface area contributed by atoms with E-state index in [0.717, 1.165) is 25.9 Å². The number of hydrogen-bond acceptors (Lipinski definition) is 4. The van der Waals surface area contributed by atoms with Gasteiger partial charge in [0, 0.05) is 17.6 Å². The van der Waals surface area contributed by atoms with Gasteiger partial charge in [-0.2, -0.15) is 0 Å². The number of rotatable bonds is 3. The maximum atomic E-state index is 10.9. The van der Waals surface area contributed by atoms with Crippen molar-refractivity contribution in [1.29, 1.82) is 0 Å². The molecule has 1 aliphatic rings. The third kappa shape index (κ3) is 3.11. The standard InChI is InChI=1S/C12H15ClN2O3/c1-14-6-2-3-10(8-14)18-12-5-4-9(13)7-11(12)15(16)17/h4-5,7,10H,2-3,6,8H2,1H3. The molecule has 1 fully saturated rings. The molecule has 0 saturated carbocycles. The van der Waals surface area contributed by atoms with Crippen molar-refractivity contribution in [2.45, 2.75) is 18.9 Å². The molecule has 0 N–H and O–H groups in total. The Morgan fingerprint density at radius 3 is 3.00 bits per heavy atom. The molecule has 98 valence electrons. The average molecular weight is 271 g/mol. The third-order valence-electron chi connectivity index (χ3n) is 2.99. The van der Waals surface area contributed by atoms with Crippen LogP contribution < -0.4 is 4.74 Å². The monoisotopic (exact) mass is 270 g/mol. The molecule has 6 heteroatoms. The molecule has 5 nitrogen and oxygen atoms in total. The SMILES string of the molecule is CN1CCCC(Oc2ccc(Cl)cc2[N+](=O)[O-])C1. The van der Waals surface area contributed by atoms with Crippen molar-refractivity contribution in [1.82, 2.24) is 4.90 Å². The first-order valence-corrected chi connectivity index (χ1v) is 6.23. The zero-order valence-electron chi connectivity index (χ0n) is 10.1. The molecular weight excluding hydrogens is 256 g/mol. The van der Waals surface area contributed by atoms with E-state index in [1.807, 2.05) is 7.05 Å². The minimum Gasteiger partial charge on any atom is -0.482 e. The highest BCUT2D eigenvalue weighted by atomic mass is 35.5. The Balaban J connectivity index is 2.15. The molecule has 0 bridgehead atoms. The van der Waals surface area contributed by atoms with Gasteiger partial charge in [-0.05, 0) is 38.6 Å². The summed E-state index contributed by atoms with van der Waals surface area (Å²) in [4.78, 5) is 12.6. The van der Waals surface area contributed by atoms with Gasteiger partial charge in [0.25, 0.3) is 0 Å². The summed E-state index contributed by atoms with van der Waals surface area (Å²) in [6.45, 7) is 1.84. The van der Waals surface area contributed by atoms with Gasteiger partial charge in [0.05, 0.1) is 4.92 Å². The van der Waals surface area contributed by atoms with E-state index < -0.39 is 4.92 Å². The van der Waals surface area contributed by atoms with Gasteiger partial charge >= 0.3 is 5.69 Å². The van der Waals surface area contributed by atoms with E-state index in [0.29, 0.717) is 10.8 Å². The van der Waals surface area contributed by atoms with Crippen LogP contribution in [0.15, 0.2) is 18.2 Å². The Bertz CT molecular complexity index is 453. The lowest BCUT2D eigenvalue weighted by atomic mass is 10.1. The van der Waals surface area contributed by atoms with Gasteiger partial charge in [-0.25, -0.2) is 0 Å². The van der Waals surface area contributed by atoms with Crippen molar-refractivity contribution in [2.24, 2.45) is 0 Å². The van der Waals surface area contributed by atoms with Crippen molar-refractivity contribution in [3.8, 4) is 5.75 Å². The average Bonchev–Trinajstić information content (AvgIpc) is 2.31. The number of hydrogen-bond donors (Lipinski definition) is 0. The van der Waals surface area contributed by atoms with Crippen LogP contribution in [0.5, 0.6) is 5.75 Å². The Hall–Kier alpha value is -1.33. The van der Waals surface area contributed by atoms with Crippen LogP contribution in [-0.4, -0.2) is 36.1 Å². The zero-order chi connectivity index (χ0) is 13.1. The number of nitro benzene ring substituents is 1. The summed E-state index contributed by atoms with van der Waals surface area (Å²) in [7, 11) is 2.02. The Morgan fingerprint density at radius 2 is 2.33 bits per heavy atom. The summed E-state index contributed by atoms with van der Waals surface area (Å²) in [6, 6.07) is 4.49. The summed E-state index contributed by atoms with van der Waals surface area (Å²) < 4.78 is 5.73. The largest absolute Gasteiger partial charge is 0.482 e. The number of nitro groups is 1. The van der Waals surface area contributed by atoms with Crippen molar-refractivity contribution in [3.05, 3.63) is 33.3 Å². The van der Waals surface area contributed by atoms with E-state index in [1.165, 1.54) is 6.07 Å². The van der Waals surface area contributed by atoms with E-state index in [-0.39, 0.29) is 11.8 Å². The minimum absolute atomic E-state index is 0.00336. The van der Waals surface area contributed by atoms with Gasteiger partial charge in [0.15, 0.2) is 5.75 Å². The van der Waals surface area contributed by atoms with Gasteiger partial charge in [0.1, 0.15) is 6.10 Å². The number of nitrogens with zero attached hydrogens (tertiary/aromatic N) is 2. The van der Waals surface area contributed by atoms with E-state index >= 15 is 0 Å². The smallest absolute Gasteiger partial charge is 0.312 e. The molecule has 1 unspecified atom stereocenters. The molecule has 0 radical (unpaired) electrons. The highest BCUT2D eigenvalue weighted by molar-refractivity contribution is 6.30. The molecule has 1 aromatic rings.